The monoisotopic (exact) mass is 369 g/mol. The second-order valence-electron chi connectivity index (χ2n) is 5.26. The largest absolute Gasteiger partial charge is 0.494 e. The SMILES string of the molecule is CCOc1cccc(C(=O)Nc2nc(-c3ccc([N+](=O)[O-])cc3)cs2)c1. The summed E-state index contributed by atoms with van der Waals surface area (Å²) in [6, 6.07) is 13.0. The lowest BCUT2D eigenvalue weighted by atomic mass is 10.1. The maximum atomic E-state index is 12.4. The molecule has 1 N–H and O–H groups in total. The average molecular weight is 369 g/mol. The first-order valence-electron chi connectivity index (χ1n) is 7.81. The molecule has 0 spiro atoms. The third-order valence-corrected chi connectivity index (χ3v) is 4.26. The van der Waals surface area contributed by atoms with E-state index in [1.807, 2.05) is 6.92 Å². The van der Waals surface area contributed by atoms with E-state index in [9.17, 15) is 14.9 Å². The van der Waals surface area contributed by atoms with Crippen LogP contribution >= 0.6 is 11.3 Å². The molecule has 3 aromatic rings. The second kappa shape index (κ2) is 7.75. The van der Waals surface area contributed by atoms with Crippen LogP contribution in [0.4, 0.5) is 10.8 Å². The van der Waals surface area contributed by atoms with Crippen LogP contribution in [-0.4, -0.2) is 22.4 Å². The van der Waals surface area contributed by atoms with Crippen LogP contribution in [0, 0.1) is 10.1 Å². The maximum Gasteiger partial charge on any atom is 0.269 e. The molecule has 0 saturated carbocycles. The number of carbonyl (C=O) groups is 1. The Morgan fingerprint density at radius 3 is 2.73 bits per heavy atom. The number of rotatable bonds is 6. The standard InChI is InChI=1S/C18H15N3O4S/c1-2-25-15-5-3-4-13(10-15)17(22)20-18-19-16(11-26-18)12-6-8-14(9-7-12)21(23)24/h3-11H,2H2,1H3,(H,19,20,22). The highest BCUT2D eigenvalue weighted by molar-refractivity contribution is 7.14. The number of nitro groups is 1. The van der Waals surface area contributed by atoms with E-state index in [4.69, 9.17) is 4.74 Å². The van der Waals surface area contributed by atoms with Gasteiger partial charge in [0.2, 0.25) is 0 Å². The summed E-state index contributed by atoms with van der Waals surface area (Å²) in [6.07, 6.45) is 0. The fourth-order valence-corrected chi connectivity index (χ4v) is 3.00. The molecule has 0 aliphatic rings. The van der Waals surface area contributed by atoms with Gasteiger partial charge in [-0.1, -0.05) is 6.07 Å². The van der Waals surface area contributed by atoms with E-state index < -0.39 is 4.92 Å². The summed E-state index contributed by atoms with van der Waals surface area (Å²) in [5, 5.41) is 15.7. The van der Waals surface area contributed by atoms with Gasteiger partial charge in [0.25, 0.3) is 11.6 Å². The smallest absolute Gasteiger partial charge is 0.269 e. The van der Waals surface area contributed by atoms with Gasteiger partial charge in [-0.25, -0.2) is 4.98 Å². The molecule has 8 heteroatoms. The highest BCUT2D eigenvalue weighted by Crippen LogP contribution is 2.27. The number of thiazole rings is 1. The number of hydrogen-bond donors (Lipinski definition) is 1. The summed E-state index contributed by atoms with van der Waals surface area (Å²) in [6.45, 7) is 2.40. The van der Waals surface area contributed by atoms with E-state index in [0.717, 1.165) is 5.56 Å². The number of hydrogen-bond acceptors (Lipinski definition) is 6. The molecule has 0 fully saturated rings. The molecule has 0 aliphatic carbocycles. The Labute approximate surface area is 153 Å². The lowest BCUT2D eigenvalue weighted by Gasteiger charge is -2.05. The zero-order chi connectivity index (χ0) is 18.5. The van der Waals surface area contributed by atoms with Crippen LogP contribution in [0.5, 0.6) is 5.75 Å². The number of amides is 1. The Balaban J connectivity index is 1.72. The molecule has 0 atom stereocenters. The van der Waals surface area contributed by atoms with Crippen molar-refractivity contribution in [2.45, 2.75) is 6.92 Å². The predicted octanol–water partition coefficient (Wildman–Crippen LogP) is 4.37. The first-order chi connectivity index (χ1) is 12.6. The van der Waals surface area contributed by atoms with Crippen LogP contribution in [0.2, 0.25) is 0 Å². The summed E-state index contributed by atoms with van der Waals surface area (Å²) in [5.41, 5.74) is 1.88. The fraction of sp³-hybridized carbons (Fsp3) is 0.111. The van der Waals surface area contributed by atoms with Crippen molar-refractivity contribution in [2.75, 3.05) is 11.9 Å². The van der Waals surface area contributed by atoms with Crippen LogP contribution < -0.4 is 10.1 Å². The van der Waals surface area contributed by atoms with Gasteiger partial charge >= 0.3 is 0 Å². The predicted molar refractivity (Wildman–Crippen MR) is 99.8 cm³/mol. The van der Waals surface area contributed by atoms with Crippen molar-refractivity contribution < 1.29 is 14.5 Å². The zero-order valence-electron chi connectivity index (χ0n) is 13.8. The molecular formula is C18H15N3O4S. The minimum Gasteiger partial charge on any atom is -0.494 e. The van der Waals surface area contributed by atoms with Crippen molar-refractivity contribution in [3.8, 4) is 17.0 Å². The van der Waals surface area contributed by atoms with E-state index >= 15 is 0 Å². The Kier molecular flexibility index (Phi) is 5.23. The third kappa shape index (κ3) is 4.04. The minimum absolute atomic E-state index is 0.0201. The van der Waals surface area contributed by atoms with Gasteiger partial charge in [0.1, 0.15) is 5.75 Å². The van der Waals surface area contributed by atoms with Crippen molar-refractivity contribution >= 4 is 28.1 Å². The molecule has 26 heavy (non-hydrogen) atoms. The topological polar surface area (TPSA) is 94.4 Å². The number of carbonyl (C=O) groups excluding carboxylic acids is 1. The van der Waals surface area contributed by atoms with E-state index in [2.05, 4.69) is 10.3 Å². The van der Waals surface area contributed by atoms with Crippen LogP contribution in [0.1, 0.15) is 17.3 Å². The summed E-state index contributed by atoms with van der Waals surface area (Å²) in [4.78, 5) is 27.0. The number of nitrogens with zero attached hydrogens (tertiary/aromatic N) is 2. The van der Waals surface area contributed by atoms with Gasteiger partial charge in [0, 0.05) is 28.6 Å². The lowest BCUT2D eigenvalue weighted by molar-refractivity contribution is -0.384. The van der Waals surface area contributed by atoms with Gasteiger partial charge in [-0.2, -0.15) is 0 Å². The van der Waals surface area contributed by atoms with Crippen LogP contribution in [0.25, 0.3) is 11.3 Å². The Morgan fingerprint density at radius 2 is 2.04 bits per heavy atom. The molecule has 0 saturated heterocycles. The first-order valence-corrected chi connectivity index (χ1v) is 8.69. The van der Waals surface area contributed by atoms with Crippen molar-refractivity contribution in [1.29, 1.82) is 0 Å². The quantitative estimate of drug-likeness (QED) is 0.514. The van der Waals surface area contributed by atoms with Gasteiger partial charge in [-0.15, -0.1) is 11.3 Å². The Hall–Kier alpha value is -3.26. The van der Waals surface area contributed by atoms with Crippen molar-refractivity contribution in [2.24, 2.45) is 0 Å². The number of anilines is 1. The summed E-state index contributed by atoms with van der Waals surface area (Å²) < 4.78 is 5.39. The van der Waals surface area contributed by atoms with E-state index in [1.165, 1.54) is 23.5 Å². The summed E-state index contributed by atoms with van der Waals surface area (Å²) >= 11 is 1.28. The highest BCUT2D eigenvalue weighted by atomic mass is 32.1. The van der Waals surface area contributed by atoms with Gasteiger partial charge in [0.05, 0.1) is 17.2 Å². The second-order valence-corrected chi connectivity index (χ2v) is 6.11. The number of non-ortho nitro benzene ring substituents is 1. The molecule has 0 aliphatic heterocycles. The number of nitrogens with one attached hydrogen (secondary N) is 1. The number of nitro benzene ring substituents is 1. The average Bonchev–Trinajstić information content (AvgIpc) is 3.11. The van der Waals surface area contributed by atoms with Crippen molar-refractivity contribution in [3.63, 3.8) is 0 Å². The Morgan fingerprint density at radius 1 is 1.27 bits per heavy atom. The van der Waals surface area contributed by atoms with Crippen molar-refractivity contribution in [1.82, 2.24) is 4.98 Å². The zero-order valence-corrected chi connectivity index (χ0v) is 14.7. The van der Waals surface area contributed by atoms with Crippen molar-refractivity contribution in [3.05, 3.63) is 69.6 Å². The molecule has 0 radical (unpaired) electrons. The molecule has 1 aromatic heterocycles. The maximum absolute atomic E-state index is 12.4. The molecule has 2 aromatic carbocycles. The number of aromatic nitrogens is 1. The molecule has 7 nitrogen and oxygen atoms in total. The fourth-order valence-electron chi connectivity index (χ4n) is 2.28. The van der Waals surface area contributed by atoms with Gasteiger partial charge in [-0.3, -0.25) is 20.2 Å². The van der Waals surface area contributed by atoms with Gasteiger partial charge in [0.15, 0.2) is 5.13 Å². The van der Waals surface area contributed by atoms with E-state index in [0.29, 0.717) is 28.7 Å². The minimum atomic E-state index is -0.452. The summed E-state index contributed by atoms with van der Waals surface area (Å²) in [7, 11) is 0. The number of benzene rings is 2. The lowest BCUT2D eigenvalue weighted by Crippen LogP contribution is -2.11. The third-order valence-electron chi connectivity index (χ3n) is 3.51. The molecule has 0 bridgehead atoms. The molecule has 1 amide bonds. The normalized spacial score (nSPS) is 10.3. The molecule has 132 valence electrons. The van der Waals surface area contributed by atoms with E-state index in [-0.39, 0.29) is 11.6 Å². The van der Waals surface area contributed by atoms with Gasteiger partial charge < -0.3 is 4.74 Å². The van der Waals surface area contributed by atoms with Crippen LogP contribution in [0.3, 0.4) is 0 Å². The Bertz CT molecular complexity index is 938. The molecular weight excluding hydrogens is 354 g/mol. The molecule has 3 rings (SSSR count). The molecule has 1 heterocycles. The van der Waals surface area contributed by atoms with Crippen LogP contribution in [0.15, 0.2) is 53.9 Å². The molecule has 0 unspecified atom stereocenters. The summed E-state index contributed by atoms with van der Waals surface area (Å²) in [5.74, 6) is 0.349. The first kappa shape index (κ1) is 17.6. The van der Waals surface area contributed by atoms with E-state index in [1.54, 1.807) is 41.8 Å². The van der Waals surface area contributed by atoms with Crippen LogP contribution in [-0.2, 0) is 0 Å². The van der Waals surface area contributed by atoms with Gasteiger partial charge in [-0.05, 0) is 37.3 Å². The highest BCUT2D eigenvalue weighted by Gasteiger charge is 2.12. The number of ether oxygens (including phenoxy) is 1.